The summed E-state index contributed by atoms with van der Waals surface area (Å²) in [5.41, 5.74) is 6.61. The fraction of sp³-hybridized carbons (Fsp3) is 0.571. The highest BCUT2D eigenvalue weighted by atomic mass is 19.1. The van der Waals surface area contributed by atoms with Crippen molar-refractivity contribution in [3.8, 4) is 12.1 Å². The quantitative estimate of drug-likeness (QED) is 0.327. The molecule has 1 amide bonds. The Morgan fingerprint density at radius 1 is 1.19 bits per heavy atom. The van der Waals surface area contributed by atoms with Crippen LogP contribution in [0.1, 0.15) is 60.9 Å². The number of piperazine rings is 1. The Bertz CT molecular complexity index is 1690. The molecule has 1 aromatic carbocycles. The van der Waals surface area contributed by atoms with Crippen LogP contribution in [0.3, 0.4) is 0 Å². The number of carbonyl (C=O) groups is 1. The minimum atomic E-state index is -1.01. The van der Waals surface area contributed by atoms with Crippen molar-refractivity contribution in [3.63, 3.8) is 0 Å². The largest absolute Gasteiger partial charge is 0.463 e. The van der Waals surface area contributed by atoms with Gasteiger partial charge in [0.05, 0.1) is 54.8 Å². The van der Waals surface area contributed by atoms with Crippen molar-refractivity contribution in [2.75, 3.05) is 63.2 Å². The number of halogens is 1. The first-order chi connectivity index (χ1) is 22.6. The molecule has 1 saturated heterocycles. The van der Waals surface area contributed by atoms with Crippen molar-refractivity contribution in [2.45, 2.75) is 71.4 Å². The molecule has 6 rings (SSSR count). The molecule has 2 fully saturated rings. The molecule has 4 heterocycles. The highest BCUT2D eigenvalue weighted by Crippen LogP contribution is 2.40. The van der Waals surface area contributed by atoms with Crippen LogP contribution in [0, 0.1) is 30.6 Å². The van der Waals surface area contributed by atoms with Gasteiger partial charge in [-0.15, -0.1) is 0 Å². The zero-order valence-corrected chi connectivity index (χ0v) is 28.1. The van der Waals surface area contributed by atoms with E-state index in [0.29, 0.717) is 32.3 Å². The van der Waals surface area contributed by atoms with Crippen LogP contribution in [0.25, 0.3) is 10.9 Å². The van der Waals surface area contributed by atoms with E-state index in [9.17, 15) is 14.4 Å². The Kier molecular flexibility index (Phi) is 9.37. The van der Waals surface area contributed by atoms with Gasteiger partial charge in [0.25, 0.3) is 5.91 Å². The number of aryl methyl sites for hydroxylation is 1. The van der Waals surface area contributed by atoms with Crippen LogP contribution >= 0.6 is 0 Å². The molecule has 0 spiro atoms. The predicted molar refractivity (Wildman–Crippen MR) is 180 cm³/mol. The number of nitrogens with one attached hydrogen (secondary N) is 1. The van der Waals surface area contributed by atoms with Gasteiger partial charge in [0, 0.05) is 49.1 Å². The summed E-state index contributed by atoms with van der Waals surface area (Å²) in [5, 5.41) is 18.2. The van der Waals surface area contributed by atoms with E-state index in [0.717, 1.165) is 72.4 Å². The molecule has 47 heavy (non-hydrogen) atoms. The SMILES string of the molecule is C=C(F)C(=O)N1CCN(c2nc(OCC3(CN(C)C)CCCC3)nc3c2CCCN(c2c(C)c(C)cc4[nH]ncc24)C3)C[C@@H]1CC#N. The van der Waals surface area contributed by atoms with Gasteiger partial charge < -0.3 is 24.3 Å². The number of aromatic amines is 1. The molecule has 250 valence electrons. The van der Waals surface area contributed by atoms with Gasteiger partial charge in [-0.3, -0.25) is 9.89 Å². The van der Waals surface area contributed by atoms with Gasteiger partial charge in [0.1, 0.15) is 5.82 Å². The van der Waals surface area contributed by atoms with Crippen molar-refractivity contribution < 1.29 is 13.9 Å². The second-order valence-electron chi connectivity index (χ2n) is 13.9. The van der Waals surface area contributed by atoms with E-state index >= 15 is 0 Å². The number of nitrogens with zero attached hydrogens (tertiary/aromatic N) is 8. The van der Waals surface area contributed by atoms with E-state index in [1.165, 1.54) is 28.9 Å². The number of benzene rings is 1. The fourth-order valence-corrected chi connectivity index (χ4v) is 7.93. The number of fused-ring (bicyclic) bond motifs is 2. The van der Waals surface area contributed by atoms with Crippen LogP contribution in [-0.2, 0) is 17.8 Å². The van der Waals surface area contributed by atoms with Gasteiger partial charge in [-0.2, -0.15) is 20.3 Å². The summed E-state index contributed by atoms with van der Waals surface area (Å²) < 4.78 is 20.5. The lowest BCUT2D eigenvalue weighted by atomic mass is 9.87. The Hall–Kier alpha value is -4.24. The number of nitriles is 1. The highest BCUT2D eigenvalue weighted by Gasteiger charge is 2.37. The minimum Gasteiger partial charge on any atom is -0.463 e. The maximum atomic E-state index is 13.9. The summed E-state index contributed by atoms with van der Waals surface area (Å²) in [6.45, 7) is 11.5. The number of anilines is 2. The van der Waals surface area contributed by atoms with Crippen molar-refractivity contribution in [1.29, 1.82) is 5.26 Å². The first kappa shape index (κ1) is 32.7. The molecule has 11 nitrogen and oxygen atoms in total. The maximum Gasteiger partial charge on any atom is 0.318 e. The Morgan fingerprint density at radius 2 is 1.98 bits per heavy atom. The van der Waals surface area contributed by atoms with Crippen molar-refractivity contribution in [1.82, 2.24) is 30.0 Å². The molecule has 1 saturated carbocycles. The first-order valence-electron chi connectivity index (χ1n) is 16.7. The summed E-state index contributed by atoms with van der Waals surface area (Å²) in [7, 11) is 4.21. The third kappa shape index (κ3) is 6.63. The number of rotatable bonds is 9. The summed E-state index contributed by atoms with van der Waals surface area (Å²) in [6.07, 6.45) is 8.24. The standard InChI is InChI=1S/C35H46FN9O2/c1-23-17-29-28(18-38-41-29)31(24(23)2)43-14-8-9-27-30(20-43)39-34(47-22-35(21-42(4)5)11-6-7-12-35)40-32(27)44-15-16-45(33(46)25(3)36)26(19-44)10-13-37/h17-18,26H,3,6-12,14-16,19-22H2,1-2,4-5H3,(H,38,41)/t26-/m0/s1. The van der Waals surface area contributed by atoms with Crippen LogP contribution in [0.2, 0.25) is 0 Å². The maximum absolute atomic E-state index is 13.9. The Morgan fingerprint density at radius 3 is 2.70 bits per heavy atom. The number of carbonyl (C=O) groups excluding carboxylic acids is 1. The molecule has 0 radical (unpaired) electrons. The molecule has 2 aromatic heterocycles. The molecular weight excluding hydrogens is 597 g/mol. The predicted octanol–water partition coefficient (Wildman–Crippen LogP) is 4.84. The molecule has 3 aromatic rings. The zero-order valence-electron chi connectivity index (χ0n) is 28.1. The average Bonchev–Trinajstić information content (AvgIpc) is 3.64. The summed E-state index contributed by atoms with van der Waals surface area (Å²) in [5.74, 6) is -0.985. The lowest BCUT2D eigenvalue weighted by molar-refractivity contribution is -0.131. The van der Waals surface area contributed by atoms with Crippen LogP contribution in [-0.4, -0.2) is 95.3 Å². The fourth-order valence-electron chi connectivity index (χ4n) is 7.93. The smallest absolute Gasteiger partial charge is 0.318 e. The van der Waals surface area contributed by atoms with Crippen molar-refractivity contribution in [3.05, 3.63) is 47.1 Å². The van der Waals surface area contributed by atoms with Crippen LogP contribution in [0.5, 0.6) is 6.01 Å². The van der Waals surface area contributed by atoms with Gasteiger partial charge in [0.15, 0.2) is 5.83 Å². The second kappa shape index (κ2) is 13.5. The monoisotopic (exact) mass is 643 g/mol. The third-order valence-electron chi connectivity index (χ3n) is 10.2. The number of ether oxygens (including phenoxy) is 1. The molecule has 0 unspecified atom stereocenters. The minimum absolute atomic E-state index is 0.0516. The topological polar surface area (TPSA) is 118 Å². The van der Waals surface area contributed by atoms with E-state index < -0.39 is 17.8 Å². The first-order valence-corrected chi connectivity index (χ1v) is 16.7. The molecule has 1 atom stereocenters. The van der Waals surface area contributed by atoms with Crippen LogP contribution in [0.15, 0.2) is 24.7 Å². The lowest BCUT2D eigenvalue weighted by Crippen LogP contribution is -2.55. The second-order valence-corrected chi connectivity index (χ2v) is 13.9. The normalized spacial score (nSPS) is 19.5. The van der Waals surface area contributed by atoms with E-state index in [-0.39, 0.29) is 18.4 Å². The summed E-state index contributed by atoms with van der Waals surface area (Å²) in [4.78, 5) is 31.0. The molecule has 12 heteroatoms. The molecule has 0 bridgehead atoms. The zero-order chi connectivity index (χ0) is 33.3. The van der Waals surface area contributed by atoms with Crippen molar-refractivity contribution in [2.24, 2.45) is 5.41 Å². The van der Waals surface area contributed by atoms with Crippen LogP contribution < -0.4 is 14.5 Å². The van der Waals surface area contributed by atoms with E-state index in [1.54, 1.807) is 0 Å². The van der Waals surface area contributed by atoms with E-state index in [1.807, 2.05) is 6.20 Å². The van der Waals surface area contributed by atoms with Gasteiger partial charge in [-0.1, -0.05) is 19.4 Å². The Balaban J connectivity index is 1.38. The number of hydrogen-bond acceptors (Lipinski definition) is 9. The third-order valence-corrected chi connectivity index (χ3v) is 10.2. The number of amides is 1. The van der Waals surface area contributed by atoms with Crippen molar-refractivity contribution >= 4 is 28.3 Å². The highest BCUT2D eigenvalue weighted by molar-refractivity contribution is 5.94. The molecule has 2 aliphatic heterocycles. The van der Waals surface area contributed by atoms with E-state index in [4.69, 9.17) is 14.7 Å². The van der Waals surface area contributed by atoms with Gasteiger partial charge in [-0.05, 0) is 70.8 Å². The van der Waals surface area contributed by atoms with Gasteiger partial charge in [-0.25, -0.2) is 4.39 Å². The molecule has 1 N–H and O–H groups in total. The van der Waals surface area contributed by atoms with Gasteiger partial charge >= 0.3 is 6.01 Å². The number of hydrogen-bond donors (Lipinski definition) is 1. The average molecular weight is 644 g/mol. The lowest BCUT2D eigenvalue weighted by Gasteiger charge is -2.41. The molecule has 1 aliphatic carbocycles. The summed E-state index contributed by atoms with van der Waals surface area (Å²) >= 11 is 0. The van der Waals surface area contributed by atoms with Crippen LogP contribution in [0.4, 0.5) is 15.9 Å². The Labute approximate surface area is 276 Å². The van der Waals surface area contributed by atoms with E-state index in [2.05, 4.69) is 71.6 Å². The summed E-state index contributed by atoms with van der Waals surface area (Å²) in [6, 6.07) is 4.20. The molecular formula is C35H46FN9O2. The number of H-pyrrole nitrogens is 1. The number of aromatic nitrogens is 4. The van der Waals surface area contributed by atoms with Gasteiger partial charge in [0.2, 0.25) is 0 Å². The molecule has 3 aliphatic rings.